The summed E-state index contributed by atoms with van der Waals surface area (Å²) in [7, 11) is 0. The largest absolute Gasteiger partial charge is 0.481 e. The molecule has 21 heavy (non-hydrogen) atoms. The summed E-state index contributed by atoms with van der Waals surface area (Å²) < 4.78 is 1.63. The maximum absolute atomic E-state index is 11.1. The number of nitrogens with one attached hydrogen (secondary N) is 1. The van der Waals surface area contributed by atoms with E-state index in [0.717, 1.165) is 24.9 Å². The Labute approximate surface area is 122 Å². The molecule has 1 heterocycles. The van der Waals surface area contributed by atoms with Crippen molar-refractivity contribution in [2.75, 3.05) is 5.32 Å². The van der Waals surface area contributed by atoms with Crippen LogP contribution in [0.25, 0.3) is 5.69 Å². The van der Waals surface area contributed by atoms with Crippen molar-refractivity contribution in [2.24, 2.45) is 5.92 Å². The van der Waals surface area contributed by atoms with Crippen molar-refractivity contribution in [3.8, 4) is 5.69 Å². The van der Waals surface area contributed by atoms with E-state index in [4.69, 9.17) is 5.11 Å². The molecule has 2 N–H and O–H groups in total. The van der Waals surface area contributed by atoms with Crippen molar-refractivity contribution in [3.05, 3.63) is 30.3 Å². The molecule has 7 heteroatoms. The van der Waals surface area contributed by atoms with Crippen LogP contribution >= 0.6 is 0 Å². The van der Waals surface area contributed by atoms with Gasteiger partial charge in [0.2, 0.25) is 5.95 Å². The molecule has 110 valence electrons. The van der Waals surface area contributed by atoms with E-state index < -0.39 is 5.97 Å². The maximum Gasteiger partial charge on any atom is 0.306 e. The maximum atomic E-state index is 11.1. The first-order valence-electron chi connectivity index (χ1n) is 7.07. The van der Waals surface area contributed by atoms with Gasteiger partial charge in [-0.1, -0.05) is 29.7 Å². The fourth-order valence-corrected chi connectivity index (χ4v) is 2.75. The van der Waals surface area contributed by atoms with E-state index in [1.807, 2.05) is 30.3 Å². The number of hydrogen-bond acceptors (Lipinski definition) is 5. The van der Waals surface area contributed by atoms with E-state index in [2.05, 4.69) is 20.8 Å². The molecule has 0 bridgehead atoms. The number of aromatic nitrogens is 4. The van der Waals surface area contributed by atoms with E-state index in [1.165, 1.54) is 0 Å². The van der Waals surface area contributed by atoms with Gasteiger partial charge in [-0.25, -0.2) is 0 Å². The molecule has 1 aliphatic carbocycles. The summed E-state index contributed by atoms with van der Waals surface area (Å²) >= 11 is 0. The van der Waals surface area contributed by atoms with E-state index >= 15 is 0 Å². The molecular formula is C14H17N5O2. The minimum absolute atomic E-state index is 0.0910. The molecule has 7 nitrogen and oxygen atoms in total. The lowest BCUT2D eigenvalue weighted by atomic mass is 9.86. The minimum Gasteiger partial charge on any atom is -0.481 e. The fourth-order valence-electron chi connectivity index (χ4n) is 2.75. The number of para-hydroxylation sites is 1. The highest BCUT2D eigenvalue weighted by atomic mass is 16.4. The first-order chi connectivity index (χ1) is 10.2. The third-order valence-corrected chi connectivity index (χ3v) is 3.83. The van der Waals surface area contributed by atoms with Crippen molar-refractivity contribution in [1.29, 1.82) is 0 Å². The molecule has 1 aliphatic rings. The predicted molar refractivity (Wildman–Crippen MR) is 76.2 cm³/mol. The Bertz CT molecular complexity index is 613. The van der Waals surface area contributed by atoms with Gasteiger partial charge in [0.15, 0.2) is 0 Å². The zero-order chi connectivity index (χ0) is 14.7. The molecule has 3 rings (SSSR count). The number of hydrogen-bond donors (Lipinski definition) is 2. The highest BCUT2D eigenvalue weighted by Crippen LogP contribution is 2.26. The quantitative estimate of drug-likeness (QED) is 0.889. The number of rotatable bonds is 4. The Balaban J connectivity index is 1.74. The Morgan fingerprint density at radius 2 is 2.10 bits per heavy atom. The number of aliphatic carboxylic acids is 1. The highest BCUT2D eigenvalue weighted by Gasteiger charge is 2.27. The number of carboxylic acids is 1. The molecule has 2 unspecified atom stereocenters. The number of nitrogens with zero attached hydrogens (tertiary/aromatic N) is 4. The lowest BCUT2D eigenvalue weighted by molar-refractivity contribution is -0.142. The third kappa shape index (κ3) is 3.01. The molecule has 0 saturated heterocycles. The van der Waals surface area contributed by atoms with Crippen LogP contribution in [0.1, 0.15) is 25.7 Å². The van der Waals surface area contributed by atoms with Crippen molar-refractivity contribution in [2.45, 2.75) is 31.7 Å². The zero-order valence-corrected chi connectivity index (χ0v) is 11.5. The van der Waals surface area contributed by atoms with Crippen molar-refractivity contribution in [3.63, 3.8) is 0 Å². The van der Waals surface area contributed by atoms with E-state index in [9.17, 15) is 4.79 Å². The molecule has 1 saturated carbocycles. The Hall–Kier alpha value is -2.44. The number of anilines is 1. The SMILES string of the molecule is O=C(O)C1CCCC(Nc2nnnn2-c2ccccc2)C1. The van der Waals surface area contributed by atoms with Crippen molar-refractivity contribution < 1.29 is 9.90 Å². The van der Waals surface area contributed by atoms with Crippen molar-refractivity contribution in [1.82, 2.24) is 20.2 Å². The second kappa shape index (κ2) is 5.90. The number of tetrazole rings is 1. The summed E-state index contributed by atoms with van der Waals surface area (Å²) in [6.07, 6.45) is 3.20. The summed E-state index contributed by atoms with van der Waals surface area (Å²) in [5, 5.41) is 24.1. The molecule has 0 amide bonds. The smallest absolute Gasteiger partial charge is 0.306 e. The molecule has 2 aromatic rings. The molecule has 1 aromatic carbocycles. The van der Waals surface area contributed by atoms with Gasteiger partial charge in [0.25, 0.3) is 0 Å². The van der Waals surface area contributed by atoms with Gasteiger partial charge in [-0.3, -0.25) is 4.79 Å². The van der Waals surface area contributed by atoms with Gasteiger partial charge >= 0.3 is 5.97 Å². The van der Waals surface area contributed by atoms with Crippen LogP contribution in [-0.4, -0.2) is 37.3 Å². The third-order valence-electron chi connectivity index (χ3n) is 3.83. The minimum atomic E-state index is -0.718. The standard InChI is InChI=1S/C14H17N5O2/c20-13(21)10-5-4-6-11(9-10)15-14-16-17-18-19(14)12-7-2-1-3-8-12/h1-3,7-8,10-11H,4-6,9H2,(H,20,21)(H,15,16,18). The van der Waals surface area contributed by atoms with Gasteiger partial charge in [-0.2, -0.15) is 4.68 Å². The van der Waals surface area contributed by atoms with E-state index in [-0.39, 0.29) is 12.0 Å². The number of carbonyl (C=O) groups is 1. The Morgan fingerprint density at radius 1 is 1.29 bits per heavy atom. The monoisotopic (exact) mass is 287 g/mol. The lowest BCUT2D eigenvalue weighted by Crippen LogP contribution is -2.31. The van der Waals surface area contributed by atoms with Crippen LogP contribution in [0.15, 0.2) is 30.3 Å². The molecular weight excluding hydrogens is 270 g/mol. The normalized spacial score (nSPS) is 21.9. The van der Waals surface area contributed by atoms with Crippen LogP contribution in [0, 0.1) is 5.92 Å². The molecule has 2 atom stereocenters. The van der Waals surface area contributed by atoms with Crippen LogP contribution in [-0.2, 0) is 4.79 Å². The molecule has 0 aliphatic heterocycles. The van der Waals surface area contributed by atoms with Gasteiger partial charge in [-0.05, 0) is 41.8 Å². The van der Waals surface area contributed by atoms with Gasteiger partial charge < -0.3 is 10.4 Å². The highest BCUT2D eigenvalue weighted by molar-refractivity contribution is 5.70. The summed E-state index contributed by atoms with van der Waals surface area (Å²) in [6.45, 7) is 0. The van der Waals surface area contributed by atoms with Crippen LogP contribution in [0.4, 0.5) is 5.95 Å². The second-order valence-corrected chi connectivity index (χ2v) is 5.29. The summed E-state index contributed by atoms with van der Waals surface area (Å²) in [6, 6.07) is 9.70. The summed E-state index contributed by atoms with van der Waals surface area (Å²) in [5.74, 6) is -0.446. The fraction of sp³-hybridized carbons (Fsp3) is 0.429. The first-order valence-corrected chi connectivity index (χ1v) is 7.07. The Morgan fingerprint density at radius 3 is 2.86 bits per heavy atom. The Kier molecular flexibility index (Phi) is 3.81. The average Bonchev–Trinajstić information content (AvgIpc) is 2.96. The number of carboxylic acid groups (broad SMARTS) is 1. The first kappa shape index (κ1) is 13.5. The molecule has 1 aromatic heterocycles. The topological polar surface area (TPSA) is 92.9 Å². The van der Waals surface area contributed by atoms with Crippen LogP contribution in [0.5, 0.6) is 0 Å². The molecule has 1 fully saturated rings. The van der Waals surface area contributed by atoms with Gasteiger partial charge in [0.1, 0.15) is 0 Å². The number of benzene rings is 1. The van der Waals surface area contributed by atoms with Crippen LogP contribution in [0.2, 0.25) is 0 Å². The summed E-state index contributed by atoms with van der Waals surface area (Å²) in [4.78, 5) is 11.1. The molecule has 0 spiro atoms. The van der Waals surface area contributed by atoms with E-state index in [0.29, 0.717) is 12.4 Å². The zero-order valence-electron chi connectivity index (χ0n) is 11.5. The van der Waals surface area contributed by atoms with Gasteiger partial charge in [-0.15, -0.1) is 0 Å². The van der Waals surface area contributed by atoms with E-state index in [1.54, 1.807) is 4.68 Å². The molecule has 0 radical (unpaired) electrons. The van der Waals surface area contributed by atoms with Gasteiger partial charge in [0, 0.05) is 6.04 Å². The van der Waals surface area contributed by atoms with Crippen LogP contribution < -0.4 is 5.32 Å². The lowest BCUT2D eigenvalue weighted by Gasteiger charge is -2.27. The average molecular weight is 287 g/mol. The van der Waals surface area contributed by atoms with Crippen molar-refractivity contribution >= 4 is 11.9 Å². The van der Waals surface area contributed by atoms with Crippen LogP contribution in [0.3, 0.4) is 0 Å². The summed E-state index contributed by atoms with van der Waals surface area (Å²) in [5.41, 5.74) is 0.871. The second-order valence-electron chi connectivity index (χ2n) is 5.29. The predicted octanol–water partition coefficient (Wildman–Crippen LogP) is 1.72. The van der Waals surface area contributed by atoms with Gasteiger partial charge in [0.05, 0.1) is 11.6 Å².